The van der Waals surface area contributed by atoms with Crippen LogP contribution in [0.5, 0.6) is 5.75 Å². The average Bonchev–Trinajstić information content (AvgIpc) is 2.40. The quantitative estimate of drug-likeness (QED) is 0.920. The van der Waals surface area contributed by atoms with Crippen molar-refractivity contribution in [2.45, 2.75) is 39.2 Å². The van der Waals surface area contributed by atoms with Crippen LogP contribution in [0.1, 0.15) is 39.2 Å². The minimum atomic E-state index is -0.825. The van der Waals surface area contributed by atoms with Crippen molar-refractivity contribution < 1.29 is 9.84 Å². The Kier molecular flexibility index (Phi) is 4.41. The monoisotopic (exact) mass is 281 g/mol. The average molecular weight is 281 g/mol. The Labute approximate surface area is 119 Å². The van der Waals surface area contributed by atoms with Gasteiger partial charge in [-0.25, -0.2) is 0 Å². The van der Waals surface area contributed by atoms with Crippen LogP contribution < -0.4 is 4.74 Å². The minimum Gasteiger partial charge on any atom is -0.492 e. The number of ether oxygens (including phenoxy) is 1. The van der Waals surface area contributed by atoms with Gasteiger partial charge in [0.25, 0.3) is 0 Å². The lowest BCUT2D eigenvalue weighted by atomic mass is 9.70. The van der Waals surface area contributed by atoms with E-state index in [-0.39, 0.29) is 5.41 Å². The molecule has 1 aliphatic heterocycles. The summed E-state index contributed by atoms with van der Waals surface area (Å²) < 4.78 is 5.62. The highest BCUT2D eigenvalue weighted by atomic mass is 32.2. The molecule has 0 saturated carbocycles. The van der Waals surface area contributed by atoms with E-state index < -0.39 is 5.60 Å². The third-order valence-corrected chi connectivity index (χ3v) is 5.08. The molecule has 1 atom stereocenters. The lowest BCUT2D eigenvalue weighted by molar-refractivity contribution is -0.0582. The Balaban J connectivity index is 2.29. The maximum Gasteiger partial charge on any atom is 0.137 e. The lowest BCUT2D eigenvalue weighted by Gasteiger charge is -2.46. The summed E-state index contributed by atoms with van der Waals surface area (Å²) in [6.07, 6.45) is 5.46. The van der Waals surface area contributed by atoms with E-state index in [0.717, 1.165) is 35.7 Å². The molecule has 0 bridgehead atoms. The van der Waals surface area contributed by atoms with Gasteiger partial charge in [-0.1, -0.05) is 20.8 Å². The molecule has 1 aromatic heterocycles. The number of hydrogen-bond donors (Lipinski definition) is 1. The second-order valence-electron chi connectivity index (χ2n) is 5.80. The minimum absolute atomic E-state index is 0.136. The predicted octanol–water partition coefficient (Wildman–Crippen LogP) is 3.22. The van der Waals surface area contributed by atoms with Crippen molar-refractivity contribution in [1.82, 2.24) is 4.98 Å². The number of aromatic nitrogens is 1. The zero-order chi connectivity index (χ0) is 13.9. The van der Waals surface area contributed by atoms with Gasteiger partial charge in [0.1, 0.15) is 11.4 Å². The highest BCUT2D eigenvalue weighted by Crippen LogP contribution is 2.48. The van der Waals surface area contributed by atoms with E-state index in [0.29, 0.717) is 6.61 Å². The highest BCUT2D eigenvalue weighted by molar-refractivity contribution is 7.99. The van der Waals surface area contributed by atoms with Crippen LogP contribution in [0, 0.1) is 5.41 Å². The number of thioether (sulfide) groups is 1. The highest BCUT2D eigenvalue weighted by Gasteiger charge is 2.47. The van der Waals surface area contributed by atoms with E-state index in [1.165, 1.54) is 0 Å². The zero-order valence-corrected chi connectivity index (χ0v) is 12.8. The maximum absolute atomic E-state index is 11.1. The van der Waals surface area contributed by atoms with E-state index in [1.807, 2.05) is 6.07 Å². The molecular weight excluding hydrogens is 258 g/mol. The molecule has 1 aliphatic rings. The molecule has 0 aliphatic carbocycles. The first kappa shape index (κ1) is 14.7. The number of pyridine rings is 1. The van der Waals surface area contributed by atoms with Gasteiger partial charge in [0, 0.05) is 17.5 Å². The molecule has 106 valence electrons. The van der Waals surface area contributed by atoms with E-state index in [2.05, 4.69) is 25.8 Å². The first-order valence-electron chi connectivity index (χ1n) is 6.88. The van der Waals surface area contributed by atoms with E-state index in [1.54, 1.807) is 24.2 Å². The van der Waals surface area contributed by atoms with Crippen LogP contribution in [0.25, 0.3) is 0 Å². The molecule has 3 nitrogen and oxygen atoms in total. The Morgan fingerprint density at radius 1 is 1.42 bits per heavy atom. The third kappa shape index (κ3) is 2.90. The van der Waals surface area contributed by atoms with Gasteiger partial charge < -0.3 is 9.84 Å². The molecule has 0 aromatic carbocycles. The predicted molar refractivity (Wildman–Crippen MR) is 79.6 cm³/mol. The fraction of sp³-hybridized carbons (Fsp3) is 0.667. The van der Waals surface area contributed by atoms with E-state index in [4.69, 9.17) is 4.74 Å². The van der Waals surface area contributed by atoms with Crippen molar-refractivity contribution in [3.05, 3.63) is 24.0 Å². The normalized spacial score (nSPS) is 26.1. The van der Waals surface area contributed by atoms with Gasteiger partial charge in [-0.2, -0.15) is 11.8 Å². The van der Waals surface area contributed by atoms with Crippen LogP contribution in [0.15, 0.2) is 18.5 Å². The fourth-order valence-electron chi connectivity index (χ4n) is 2.37. The molecule has 2 heterocycles. The second kappa shape index (κ2) is 5.71. The van der Waals surface area contributed by atoms with Gasteiger partial charge in [-0.05, 0) is 30.1 Å². The Morgan fingerprint density at radius 3 is 2.89 bits per heavy atom. The summed E-state index contributed by atoms with van der Waals surface area (Å²) in [5, 5.41) is 11.1. The van der Waals surface area contributed by atoms with Crippen LogP contribution in [-0.2, 0) is 5.60 Å². The standard InChI is InChI=1S/C15H23NO2S/c1-4-6-18-13-8-12(9-16-10-13)15(17)11-19-7-5-14(15,2)3/h8-10,17H,4-7,11H2,1-3H3. The summed E-state index contributed by atoms with van der Waals surface area (Å²) in [6, 6.07) is 1.94. The largest absolute Gasteiger partial charge is 0.492 e. The Bertz CT molecular complexity index is 436. The molecule has 0 amide bonds. The Morgan fingerprint density at radius 2 is 2.21 bits per heavy atom. The fourth-order valence-corrected chi connectivity index (χ4v) is 4.02. The molecule has 1 fully saturated rings. The van der Waals surface area contributed by atoms with Crippen LogP contribution in [0.3, 0.4) is 0 Å². The molecular formula is C15H23NO2S. The first-order valence-corrected chi connectivity index (χ1v) is 8.03. The summed E-state index contributed by atoms with van der Waals surface area (Å²) in [6.45, 7) is 7.02. The summed E-state index contributed by atoms with van der Waals surface area (Å²) in [7, 11) is 0. The lowest BCUT2D eigenvalue weighted by Crippen LogP contribution is -2.47. The van der Waals surface area contributed by atoms with Crippen molar-refractivity contribution >= 4 is 11.8 Å². The van der Waals surface area contributed by atoms with E-state index in [9.17, 15) is 5.11 Å². The first-order chi connectivity index (χ1) is 8.99. The Hall–Kier alpha value is -0.740. The zero-order valence-electron chi connectivity index (χ0n) is 12.0. The van der Waals surface area contributed by atoms with Gasteiger partial charge in [0.05, 0.1) is 12.8 Å². The number of rotatable bonds is 4. The number of nitrogens with zero attached hydrogens (tertiary/aromatic N) is 1. The topological polar surface area (TPSA) is 42.4 Å². The van der Waals surface area contributed by atoms with Crippen molar-refractivity contribution in [2.75, 3.05) is 18.1 Å². The SMILES string of the molecule is CCCOc1cncc(C2(O)CSCCC2(C)C)c1. The molecule has 1 saturated heterocycles. The number of hydrogen-bond acceptors (Lipinski definition) is 4. The van der Waals surface area contributed by atoms with Crippen LogP contribution in [0.2, 0.25) is 0 Å². The molecule has 2 rings (SSSR count). The maximum atomic E-state index is 11.1. The molecule has 4 heteroatoms. The smallest absolute Gasteiger partial charge is 0.137 e. The number of aliphatic hydroxyl groups is 1. The molecule has 0 radical (unpaired) electrons. The summed E-state index contributed by atoms with van der Waals surface area (Å²) in [5.41, 5.74) is -0.0871. The van der Waals surface area contributed by atoms with E-state index >= 15 is 0 Å². The molecule has 1 aromatic rings. The van der Waals surface area contributed by atoms with Crippen molar-refractivity contribution in [1.29, 1.82) is 0 Å². The van der Waals surface area contributed by atoms with Crippen molar-refractivity contribution in [3.63, 3.8) is 0 Å². The van der Waals surface area contributed by atoms with Crippen LogP contribution in [0.4, 0.5) is 0 Å². The molecule has 1 unspecified atom stereocenters. The molecule has 19 heavy (non-hydrogen) atoms. The van der Waals surface area contributed by atoms with Crippen molar-refractivity contribution in [3.8, 4) is 5.75 Å². The van der Waals surface area contributed by atoms with Gasteiger partial charge in [0.15, 0.2) is 0 Å². The van der Waals surface area contributed by atoms with Crippen molar-refractivity contribution in [2.24, 2.45) is 5.41 Å². The van der Waals surface area contributed by atoms with Gasteiger partial charge >= 0.3 is 0 Å². The molecule has 0 spiro atoms. The van der Waals surface area contributed by atoms with Gasteiger partial charge in [0.2, 0.25) is 0 Å². The molecule has 1 N–H and O–H groups in total. The summed E-state index contributed by atoms with van der Waals surface area (Å²) in [5.74, 6) is 2.58. The summed E-state index contributed by atoms with van der Waals surface area (Å²) >= 11 is 1.80. The third-order valence-electron chi connectivity index (χ3n) is 3.97. The van der Waals surface area contributed by atoms with Crippen LogP contribution in [-0.4, -0.2) is 28.2 Å². The van der Waals surface area contributed by atoms with Crippen LogP contribution >= 0.6 is 11.8 Å². The van der Waals surface area contributed by atoms with Gasteiger partial charge in [-0.15, -0.1) is 0 Å². The summed E-state index contributed by atoms with van der Waals surface area (Å²) in [4.78, 5) is 4.23. The second-order valence-corrected chi connectivity index (χ2v) is 6.91. The van der Waals surface area contributed by atoms with Gasteiger partial charge in [-0.3, -0.25) is 4.98 Å².